The minimum absolute atomic E-state index is 0.0757. The van der Waals surface area contributed by atoms with E-state index in [-0.39, 0.29) is 11.7 Å². The van der Waals surface area contributed by atoms with Gasteiger partial charge in [-0.25, -0.2) is 0 Å². The van der Waals surface area contributed by atoms with E-state index in [4.69, 9.17) is 17.3 Å². The van der Waals surface area contributed by atoms with Crippen LogP contribution in [0.3, 0.4) is 0 Å². The van der Waals surface area contributed by atoms with Gasteiger partial charge < -0.3 is 16.2 Å². The lowest BCUT2D eigenvalue weighted by atomic mass is 10.1. The number of hydrogen-bond donors (Lipinski definition) is 3. The fourth-order valence-electron chi connectivity index (χ4n) is 1.70. The van der Waals surface area contributed by atoms with Gasteiger partial charge in [0.05, 0.1) is 11.4 Å². The molecule has 19 heavy (non-hydrogen) atoms. The van der Waals surface area contributed by atoms with E-state index in [1.54, 1.807) is 37.3 Å². The molecule has 2 aromatic rings. The summed E-state index contributed by atoms with van der Waals surface area (Å²) in [6.45, 7) is 1.67. The highest BCUT2D eigenvalue weighted by Gasteiger charge is 2.12. The number of phenols is 1. The topological polar surface area (TPSA) is 75.3 Å². The van der Waals surface area contributed by atoms with Crippen molar-refractivity contribution in [1.29, 1.82) is 0 Å². The second kappa shape index (κ2) is 5.20. The Morgan fingerprint density at radius 2 is 2.05 bits per heavy atom. The molecule has 0 saturated heterocycles. The maximum Gasteiger partial charge on any atom is 0.256 e. The standard InChI is InChI=1S/C14H13ClN2O2/c1-8-10(3-2-4-13(8)18)14(19)17-12-7-9(15)5-6-11(12)16/h2-7,18H,16H2,1H3,(H,17,19). The van der Waals surface area contributed by atoms with E-state index < -0.39 is 0 Å². The highest BCUT2D eigenvalue weighted by Crippen LogP contribution is 2.25. The van der Waals surface area contributed by atoms with Crippen LogP contribution in [0.5, 0.6) is 5.75 Å². The molecule has 0 radical (unpaired) electrons. The first-order valence-corrected chi connectivity index (χ1v) is 6.02. The first kappa shape index (κ1) is 13.2. The summed E-state index contributed by atoms with van der Waals surface area (Å²) in [5.41, 5.74) is 7.53. The molecule has 2 rings (SSSR count). The van der Waals surface area contributed by atoms with Gasteiger partial charge in [0.25, 0.3) is 5.91 Å². The van der Waals surface area contributed by atoms with Crippen molar-refractivity contribution in [3.63, 3.8) is 0 Å². The normalized spacial score (nSPS) is 10.2. The van der Waals surface area contributed by atoms with Crippen LogP contribution in [0.15, 0.2) is 36.4 Å². The van der Waals surface area contributed by atoms with Crippen molar-refractivity contribution in [2.45, 2.75) is 6.92 Å². The van der Waals surface area contributed by atoms with E-state index >= 15 is 0 Å². The number of aromatic hydroxyl groups is 1. The number of benzene rings is 2. The summed E-state index contributed by atoms with van der Waals surface area (Å²) in [7, 11) is 0. The van der Waals surface area contributed by atoms with Crippen molar-refractivity contribution in [2.24, 2.45) is 0 Å². The third-order valence-electron chi connectivity index (χ3n) is 2.81. The zero-order valence-corrected chi connectivity index (χ0v) is 11.0. The lowest BCUT2D eigenvalue weighted by Gasteiger charge is -2.10. The SMILES string of the molecule is Cc1c(O)cccc1C(=O)Nc1cc(Cl)ccc1N. The minimum Gasteiger partial charge on any atom is -0.508 e. The molecule has 2 aromatic carbocycles. The first-order valence-electron chi connectivity index (χ1n) is 5.64. The van der Waals surface area contributed by atoms with Gasteiger partial charge in [0.2, 0.25) is 0 Å². The van der Waals surface area contributed by atoms with Gasteiger partial charge in [-0.3, -0.25) is 4.79 Å². The molecule has 0 fully saturated rings. The lowest BCUT2D eigenvalue weighted by molar-refractivity contribution is 0.102. The number of hydrogen-bond acceptors (Lipinski definition) is 3. The molecule has 0 aliphatic carbocycles. The molecular weight excluding hydrogens is 264 g/mol. The number of rotatable bonds is 2. The van der Waals surface area contributed by atoms with Crippen LogP contribution in [0.25, 0.3) is 0 Å². The van der Waals surface area contributed by atoms with Gasteiger partial charge in [-0.15, -0.1) is 0 Å². The summed E-state index contributed by atoms with van der Waals surface area (Å²) in [6, 6.07) is 9.61. The minimum atomic E-state index is -0.345. The average molecular weight is 277 g/mol. The Labute approximate surface area is 115 Å². The van der Waals surface area contributed by atoms with Gasteiger partial charge in [-0.05, 0) is 37.3 Å². The molecule has 0 heterocycles. The molecule has 0 aromatic heterocycles. The Morgan fingerprint density at radius 3 is 2.79 bits per heavy atom. The zero-order valence-electron chi connectivity index (χ0n) is 10.3. The van der Waals surface area contributed by atoms with Crippen LogP contribution in [-0.4, -0.2) is 11.0 Å². The summed E-state index contributed by atoms with van der Waals surface area (Å²) in [5, 5.41) is 12.7. The molecule has 0 saturated carbocycles. The first-order chi connectivity index (χ1) is 8.99. The number of carbonyl (C=O) groups excluding carboxylic acids is 1. The Kier molecular flexibility index (Phi) is 3.62. The Morgan fingerprint density at radius 1 is 1.32 bits per heavy atom. The predicted molar refractivity (Wildman–Crippen MR) is 76.7 cm³/mol. The van der Waals surface area contributed by atoms with Crippen molar-refractivity contribution in [2.75, 3.05) is 11.1 Å². The van der Waals surface area contributed by atoms with E-state index in [0.29, 0.717) is 27.5 Å². The Bertz CT molecular complexity index is 641. The van der Waals surface area contributed by atoms with E-state index in [1.807, 2.05) is 0 Å². The highest BCUT2D eigenvalue weighted by molar-refractivity contribution is 6.31. The van der Waals surface area contributed by atoms with Crippen LogP contribution in [0.1, 0.15) is 15.9 Å². The van der Waals surface area contributed by atoms with Crippen LogP contribution >= 0.6 is 11.6 Å². The van der Waals surface area contributed by atoms with Crippen molar-refractivity contribution in [3.8, 4) is 5.75 Å². The number of nitrogens with one attached hydrogen (secondary N) is 1. The monoisotopic (exact) mass is 276 g/mol. The summed E-state index contributed by atoms with van der Waals surface area (Å²) in [6.07, 6.45) is 0. The number of phenolic OH excluding ortho intramolecular Hbond substituents is 1. The van der Waals surface area contributed by atoms with Gasteiger partial charge >= 0.3 is 0 Å². The highest BCUT2D eigenvalue weighted by atomic mass is 35.5. The number of carbonyl (C=O) groups is 1. The third kappa shape index (κ3) is 2.80. The predicted octanol–water partition coefficient (Wildman–Crippen LogP) is 3.19. The smallest absolute Gasteiger partial charge is 0.256 e. The number of nitrogens with two attached hydrogens (primary N) is 1. The molecule has 5 heteroatoms. The van der Waals surface area contributed by atoms with E-state index in [0.717, 1.165) is 0 Å². The summed E-state index contributed by atoms with van der Waals surface area (Å²) in [5.74, 6) is -0.269. The zero-order chi connectivity index (χ0) is 14.0. The van der Waals surface area contributed by atoms with Crippen molar-refractivity contribution in [1.82, 2.24) is 0 Å². The van der Waals surface area contributed by atoms with Crippen LogP contribution in [-0.2, 0) is 0 Å². The maximum absolute atomic E-state index is 12.1. The van der Waals surface area contributed by atoms with Crippen LogP contribution in [0.4, 0.5) is 11.4 Å². The number of halogens is 1. The number of anilines is 2. The number of nitrogen functional groups attached to an aromatic ring is 1. The van der Waals surface area contributed by atoms with Gasteiger partial charge in [0.1, 0.15) is 5.75 Å². The molecular formula is C14H13ClN2O2. The molecule has 0 unspecified atom stereocenters. The molecule has 0 aliphatic rings. The van der Waals surface area contributed by atoms with Crippen LogP contribution in [0.2, 0.25) is 5.02 Å². The molecule has 4 nitrogen and oxygen atoms in total. The molecule has 1 amide bonds. The summed E-state index contributed by atoms with van der Waals surface area (Å²) >= 11 is 5.86. The maximum atomic E-state index is 12.1. The second-order valence-corrected chi connectivity index (χ2v) is 4.57. The average Bonchev–Trinajstić information content (AvgIpc) is 2.37. The third-order valence-corrected chi connectivity index (χ3v) is 3.05. The molecule has 0 bridgehead atoms. The second-order valence-electron chi connectivity index (χ2n) is 4.14. The molecule has 0 spiro atoms. The van der Waals surface area contributed by atoms with Gasteiger partial charge in [0, 0.05) is 16.1 Å². The molecule has 4 N–H and O–H groups in total. The summed E-state index contributed by atoms with van der Waals surface area (Å²) < 4.78 is 0. The Hall–Kier alpha value is -2.20. The fourth-order valence-corrected chi connectivity index (χ4v) is 1.87. The lowest BCUT2D eigenvalue weighted by Crippen LogP contribution is -2.14. The van der Waals surface area contributed by atoms with Gasteiger partial charge in [0.15, 0.2) is 0 Å². The van der Waals surface area contributed by atoms with Gasteiger partial charge in [-0.1, -0.05) is 17.7 Å². The largest absolute Gasteiger partial charge is 0.508 e. The molecule has 98 valence electrons. The van der Waals surface area contributed by atoms with E-state index in [2.05, 4.69) is 5.32 Å². The van der Waals surface area contributed by atoms with E-state index in [1.165, 1.54) is 6.07 Å². The van der Waals surface area contributed by atoms with Crippen molar-refractivity contribution < 1.29 is 9.90 Å². The summed E-state index contributed by atoms with van der Waals surface area (Å²) in [4.78, 5) is 12.1. The number of amides is 1. The Balaban J connectivity index is 2.31. The fraction of sp³-hybridized carbons (Fsp3) is 0.0714. The van der Waals surface area contributed by atoms with E-state index in [9.17, 15) is 9.90 Å². The van der Waals surface area contributed by atoms with Crippen molar-refractivity contribution >= 4 is 28.9 Å². The quantitative estimate of drug-likeness (QED) is 0.737. The molecule has 0 aliphatic heterocycles. The van der Waals surface area contributed by atoms with Crippen LogP contribution < -0.4 is 11.1 Å². The van der Waals surface area contributed by atoms with Crippen molar-refractivity contribution in [3.05, 3.63) is 52.5 Å². The van der Waals surface area contributed by atoms with Crippen LogP contribution in [0, 0.1) is 6.92 Å². The molecule has 0 atom stereocenters. The van der Waals surface area contributed by atoms with Gasteiger partial charge in [-0.2, -0.15) is 0 Å².